The number of likely N-dealkylation sites (N-methyl/N-ethyl adjacent to an activating group) is 1. The van der Waals surface area contributed by atoms with Gasteiger partial charge in [-0.15, -0.1) is 0 Å². The summed E-state index contributed by atoms with van der Waals surface area (Å²) in [5.74, 6) is 1.80. The van der Waals surface area contributed by atoms with Gasteiger partial charge in [-0.1, -0.05) is 30.3 Å². The zero-order valence-corrected chi connectivity index (χ0v) is 9.97. The Morgan fingerprint density at radius 3 is 2.59 bits per heavy atom. The van der Waals surface area contributed by atoms with Gasteiger partial charge in [-0.2, -0.15) is 0 Å². The largest absolute Gasteiger partial charge is 0.460 e. The Bertz CT molecular complexity index is 450. The fourth-order valence-corrected chi connectivity index (χ4v) is 1.74. The monoisotopic (exact) mass is 231 g/mol. The van der Waals surface area contributed by atoms with Gasteiger partial charge in [0.1, 0.15) is 11.5 Å². The second-order valence-electron chi connectivity index (χ2n) is 4.09. The Labute approximate surface area is 101 Å². The number of aliphatic hydroxyl groups is 1. The molecule has 0 saturated heterocycles. The minimum absolute atomic E-state index is 0.169. The fraction of sp³-hybridized carbons (Fsp3) is 0.286. The Balaban J connectivity index is 2.06. The molecule has 0 bridgehead atoms. The van der Waals surface area contributed by atoms with Crippen molar-refractivity contribution in [3.63, 3.8) is 0 Å². The van der Waals surface area contributed by atoms with E-state index in [1.807, 2.05) is 54.4 Å². The van der Waals surface area contributed by atoms with Gasteiger partial charge in [0.2, 0.25) is 0 Å². The van der Waals surface area contributed by atoms with E-state index in [2.05, 4.69) is 0 Å². The fourth-order valence-electron chi connectivity index (χ4n) is 1.74. The molecule has 3 heteroatoms. The van der Waals surface area contributed by atoms with Crippen LogP contribution in [0.4, 0.5) is 0 Å². The van der Waals surface area contributed by atoms with Crippen molar-refractivity contribution in [2.24, 2.45) is 0 Å². The van der Waals surface area contributed by atoms with Gasteiger partial charge in [0.25, 0.3) is 0 Å². The number of hydrogen-bond acceptors (Lipinski definition) is 3. The van der Waals surface area contributed by atoms with Gasteiger partial charge >= 0.3 is 0 Å². The maximum Gasteiger partial charge on any atom is 0.134 e. The molecule has 0 atom stereocenters. The van der Waals surface area contributed by atoms with E-state index in [4.69, 9.17) is 9.52 Å². The lowest BCUT2D eigenvalue weighted by Gasteiger charge is -2.12. The molecule has 2 rings (SSSR count). The van der Waals surface area contributed by atoms with Crippen LogP contribution in [0.15, 0.2) is 46.9 Å². The van der Waals surface area contributed by atoms with Crippen LogP contribution in [0.3, 0.4) is 0 Å². The molecule has 1 heterocycles. The van der Waals surface area contributed by atoms with Crippen LogP contribution in [0.25, 0.3) is 11.3 Å². The van der Waals surface area contributed by atoms with Crippen LogP contribution >= 0.6 is 0 Å². The van der Waals surface area contributed by atoms with Gasteiger partial charge in [0.15, 0.2) is 0 Å². The molecule has 3 nitrogen and oxygen atoms in total. The molecule has 0 aliphatic carbocycles. The van der Waals surface area contributed by atoms with Crippen molar-refractivity contribution in [1.82, 2.24) is 4.90 Å². The normalized spacial score (nSPS) is 11.0. The van der Waals surface area contributed by atoms with E-state index >= 15 is 0 Å². The Kier molecular flexibility index (Phi) is 3.96. The molecule has 0 spiro atoms. The zero-order chi connectivity index (χ0) is 12.1. The molecule has 0 aliphatic heterocycles. The molecule has 90 valence electrons. The first kappa shape index (κ1) is 11.9. The number of rotatable bonds is 5. The first-order chi connectivity index (χ1) is 8.29. The van der Waals surface area contributed by atoms with E-state index in [-0.39, 0.29) is 6.61 Å². The highest BCUT2D eigenvalue weighted by Crippen LogP contribution is 2.22. The highest BCUT2D eigenvalue weighted by molar-refractivity contribution is 5.57. The molecule has 0 fully saturated rings. The van der Waals surface area contributed by atoms with Crippen molar-refractivity contribution in [3.8, 4) is 11.3 Å². The van der Waals surface area contributed by atoms with Crippen molar-refractivity contribution in [3.05, 3.63) is 48.2 Å². The first-order valence-electron chi connectivity index (χ1n) is 5.73. The topological polar surface area (TPSA) is 36.6 Å². The summed E-state index contributed by atoms with van der Waals surface area (Å²) in [5.41, 5.74) is 1.09. The number of benzene rings is 1. The zero-order valence-electron chi connectivity index (χ0n) is 9.97. The van der Waals surface area contributed by atoms with Gasteiger partial charge in [-0.05, 0) is 19.2 Å². The van der Waals surface area contributed by atoms with Crippen LogP contribution in [0.5, 0.6) is 0 Å². The van der Waals surface area contributed by atoms with Crippen molar-refractivity contribution in [2.45, 2.75) is 6.54 Å². The summed E-state index contributed by atoms with van der Waals surface area (Å²) in [7, 11) is 1.96. The molecular weight excluding hydrogens is 214 g/mol. The molecule has 0 aliphatic rings. The van der Waals surface area contributed by atoms with Crippen molar-refractivity contribution < 1.29 is 9.52 Å². The van der Waals surface area contributed by atoms with Crippen molar-refractivity contribution in [2.75, 3.05) is 20.2 Å². The third kappa shape index (κ3) is 3.19. The maximum atomic E-state index is 8.83. The van der Waals surface area contributed by atoms with E-state index < -0.39 is 0 Å². The van der Waals surface area contributed by atoms with Crippen LogP contribution < -0.4 is 0 Å². The van der Waals surface area contributed by atoms with Crippen molar-refractivity contribution in [1.29, 1.82) is 0 Å². The Hall–Kier alpha value is -1.58. The summed E-state index contributed by atoms with van der Waals surface area (Å²) in [6.45, 7) is 1.54. The van der Waals surface area contributed by atoms with Gasteiger partial charge in [0.05, 0.1) is 13.2 Å². The first-order valence-corrected chi connectivity index (χ1v) is 5.73. The summed E-state index contributed by atoms with van der Waals surface area (Å²) >= 11 is 0. The van der Waals surface area contributed by atoms with Gasteiger partial charge in [0, 0.05) is 12.1 Å². The molecule has 0 unspecified atom stereocenters. The van der Waals surface area contributed by atoms with Gasteiger partial charge in [-0.3, -0.25) is 4.90 Å². The SMILES string of the molecule is CN(CCO)Cc1ccc(-c2ccccc2)o1. The van der Waals surface area contributed by atoms with Crippen LogP contribution in [0.2, 0.25) is 0 Å². The van der Waals surface area contributed by atoms with Crippen LogP contribution in [0.1, 0.15) is 5.76 Å². The van der Waals surface area contributed by atoms with Crippen LogP contribution in [-0.4, -0.2) is 30.2 Å². The van der Waals surface area contributed by atoms with E-state index in [1.54, 1.807) is 0 Å². The third-order valence-corrected chi connectivity index (χ3v) is 2.63. The average Bonchev–Trinajstić information content (AvgIpc) is 2.79. The highest BCUT2D eigenvalue weighted by Gasteiger charge is 2.06. The summed E-state index contributed by atoms with van der Waals surface area (Å²) in [6.07, 6.45) is 0. The molecule has 0 saturated carbocycles. The molecule has 17 heavy (non-hydrogen) atoms. The number of hydrogen-bond donors (Lipinski definition) is 1. The lowest BCUT2D eigenvalue weighted by Crippen LogP contribution is -2.21. The maximum absolute atomic E-state index is 8.83. The van der Waals surface area contributed by atoms with E-state index in [0.717, 1.165) is 17.1 Å². The summed E-state index contributed by atoms with van der Waals surface area (Å²) in [5, 5.41) is 8.83. The second kappa shape index (κ2) is 5.66. The lowest BCUT2D eigenvalue weighted by molar-refractivity contribution is 0.209. The molecule has 0 radical (unpaired) electrons. The second-order valence-corrected chi connectivity index (χ2v) is 4.09. The highest BCUT2D eigenvalue weighted by atomic mass is 16.3. The predicted octanol–water partition coefficient (Wildman–Crippen LogP) is 2.37. The number of aliphatic hydroxyl groups excluding tert-OH is 1. The van der Waals surface area contributed by atoms with E-state index in [1.165, 1.54) is 0 Å². The molecule has 1 aromatic carbocycles. The molecule has 1 aromatic heterocycles. The predicted molar refractivity (Wildman–Crippen MR) is 67.6 cm³/mol. The molecular formula is C14H17NO2. The minimum Gasteiger partial charge on any atom is -0.460 e. The average molecular weight is 231 g/mol. The Morgan fingerprint density at radius 2 is 1.88 bits per heavy atom. The van der Waals surface area contributed by atoms with Crippen LogP contribution in [-0.2, 0) is 6.54 Å². The summed E-state index contributed by atoms with van der Waals surface area (Å²) in [4.78, 5) is 2.02. The van der Waals surface area contributed by atoms with Crippen molar-refractivity contribution >= 4 is 0 Å². The quantitative estimate of drug-likeness (QED) is 0.858. The minimum atomic E-state index is 0.169. The third-order valence-electron chi connectivity index (χ3n) is 2.63. The number of nitrogens with zero attached hydrogens (tertiary/aromatic N) is 1. The van der Waals surface area contributed by atoms with Gasteiger partial charge in [-0.25, -0.2) is 0 Å². The number of furan rings is 1. The standard InChI is InChI=1S/C14H17NO2/c1-15(9-10-16)11-13-7-8-14(17-13)12-5-3-2-4-6-12/h2-8,16H,9-11H2,1H3. The summed E-state index contributed by atoms with van der Waals surface area (Å²) < 4.78 is 5.76. The van der Waals surface area contributed by atoms with E-state index in [0.29, 0.717) is 13.1 Å². The summed E-state index contributed by atoms with van der Waals surface area (Å²) in [6, 6.07) is 14.0. The Morgan fingerprint density at radius 1 is 1.12 bits per heavy atom. The molecule has 2 aromatic rings. The smallest absolute Gasteiger partial charge is 0.134 e. The lowest BCUT2D eigenvalue weighted by atomic mass is 10.2. The van der Waals surface area contributed by atoms with E-state index in [9.17, 15) is 0 Å². The van der Waals surface area contributed by atoms with Gasteiger partial charge < -0.3 is 9.52 Å². The molecule has 0 amide bonds. The molecule has 1 N–H and O–H groups in total. The van der Waals surface area contributed by atoms with Crippen LogP contribution in [0, 0.1) is 0 Å².